The molecule has 3 N–H and O–H groups in total. The van der Waals surface area contributed by atoms with Crippen molar-refractivity contribution in [2.45, 2.75) is 44.7 Å². The van der Waals surface area contributed by atoms with Gasteiger partial charge in [-0.1, -0.05) is 0 Å². The molecule has 0 aromatic carbocycles. The molecular weight excluding hydrogens is 218 g/mol. The van der Waals surface area contributed by atoms with Gasteiger partial charge in [-0.2, -0.15) is 0 Å². The first kappa shape index (κ1) is 12.4. The number of rotatable bonds is 5. The predicted molar refractivity (Wildman–Crippen MR) is 64.4 cm³/mol. The normalized spacial score (nSPS) is 21.1. The van der Waals surface area contributed by atoms with E-state index in [1.54, 1.807) is 0 Å². The van der Waals surface area contributed by atoms with Crippen LogP contribution in [0, 0.1) is 11.8 Å². The molecular formula is C12H21N3O2. The van der Waals surface area contributed by atoms with Crippen molar-refractivity contribution in [1.29, 1.82) is 0 Å². The molecule has 0 aliphatic heterocycles. The summed E-state index contributed by atoms with van der Waals surface area (Å²) in [5.74, 6) is 1.24. The summed E-state index contributed by atoms with van der Waals surface area (Å²) < 4.78 is 0. The highest BCUT2D eigenvalue weighted by Gasteiger charge is 2.42. The Kier molecular flexibility index (Phi) is 3.66. The van der Waals surface area contributed by atoms with Crippen LogP contribution in [-0.4, -0.2) is 31.1 Å². The van der Waals surface area contributed by atoms with Gasteiger partial charge in [0, 0.05) is 13.1 Å². The molecule has 2 saturated carbocycles. The van der Waals surface area contributed by atoms with E-state index in [1.165, 1.54) is 32.7 Å². The lowest BCUT2D eigenvalue weighted by molar-refractivity contribution is -0.121. The fraction of sp³-hybridized carbons (Fsp3) is 0.833. The second-order valence-electron chi connectivity index (χ2n) is 5.16. The van der Waals surface area contributed by atoms with Crippen LogP contribution in [-0.2, 0) is 4.79 Å². The second kappa shape index (κ2) is 5.04. The van der Waals surface area contributed by atoms with Gasteiger partial charge in [0.15, 0.2) is 0 Å². The molecule has 5 heteroatoms. The summed E-state index contributed by atoms with van der Waals surface area (Å²) in [5.41, 5.74) is 0. The molecule has 2 rings (SSSR count). The second-order valence-corrected chi connectivity index (χ2v) is 5.16. The first-order valence-corrected chi connectivity index (χ1v) is 6.40. The maximum atomic E-state index is 11.7. The zero-order valence-electron chi connectivity index (χ0n) is 10.5. The molecule has 5 nitrogen and oxygen atoms in total. The van der Waals surface area contributed by atoms with Gasteiger partial charge in [-0.15, -0.1) is 0 Å². The van der Waals surface area contributed by atoms with Gasteiger partial charge in [-0.25, -0.2) is 4.79 Å². The van der Waals surface area contributed by atoms with Gasteiger partial charge in [-0.3, -0.25) is 10.1 Å². The molecule has 0 aromatic rings. The van der Waals surface area contributed by atoms with E-state index >= 15 is 0 Å². The van der Waals surface area contributed by atoms with Crippen molar-refractivity contribution in [2.75, 3.05) is 7.05 Å². The summed E-state index contributed by atoms with van der Waals surface area (Å²) in [4.78, 5) is 22.7. The number of hydrogen-bond donors (Lipinski definition) is 3. The standard InChI is InChI=1S/C12H21N3O2/c1-7(11(16)15-12(17)13-2)14-10(8-3-4-8)9-5-6-9/h7-10,14H,3-6H2,1-2H3,(H2,13,15,16,17). The van der Waals surface area contributed by atoms with E-state index in [2.05, 4.69) is 16.0 Å². The summed E-state index contributed by atoms with van der Waals surface area (Å²) in [5, 5.41) is 8.06. The molecule has 0 aromatic heterocycles. The molecule has 1 atom stereocenters. The van der Waals surface area contributed by atoms with E-state index in [0.29, 0.717) is 6.04 Å². The van der Waals surface area contributed by atoms with Crippen molar-refractivity contribution >= 4 is 11.9 Å². The summed E-state index contributed by atoms with van der Waals surface area (Å²) in [7, 11) is 1.50. The molecule has 17 heavy (non-hydrogen) atoms. The molecule has 0 radical (unpaired) electrons. The monoisotopic (exact) mass is 239 g/mol. The van der Waals surface area contributed by atoms with Crippen LogP contribution in [0.5, 0.6) is 0 Å². The molecule has 96 valence electrons. The van der Waals surface area contributed by atoms with Crippen molar-refractivity contribution < 1.29 is 9.59 Å². The number of amides is 3. The third-order valence-electron chi connectivity index (χ3n) is 3.56. The Morgan fingerprint density at radius 2 is 1.65 bits per heavy atom. The van der Waals surface area contributed by atoms with Gasteiger partial charge in [0.25, 0.3) is 0 Å². The van der Waals surface area contributed by atoms with Gasteiger partial charge >= 0.3 is 6.03 Å². The number of imide groups is 1. The molecule has 1 unspecified atom stereocenters. The van der Waals surface area contributed by atoms with Gasteiger partial charge in [0.2, 0.25) is 5.91 Å². The zero-order valence-corrected chi connectivity index (χ0v) is 10.5. The molecule has 3 amide bonds. The Morgan fingerprint density at radius 1 is 1.12 bits per heavy atom. The van der Waals surface area contributed by atoms with Crippen LogP contribution in [0.1, 0.15) is 32.6 Å². The van der Waals surface area contributed by atoms with E-state index in [0.717, 1.165) is 11.8 Å². The number of hydrogen-bond acceptors (Lipinski definition) is 3. The highest BCUT2D eigenvalue weighted by molar-refractivity contribution is 5.96. The minimum Gasteiger partial charge on any atom is -0.341 e. The van der Waals surface area contributed by atoms with E-state index in [1.807, 2.05) is 6.92 Å². The molecule has 2 aliphatic carbocycles. The highest BCUT2D eigenvalue weighted by atomic mass is 16.2. The fourth-order valence-corrected chi connectivity index (χ4v) is 2.21. The lowest BCUT2D eigenvalue weighted by Gasteiger charge is -2.22. The molecule has 0 saturated heterocycles. The molecule has 0 spiro atoms. The molecule has 0 heterocycles. The van der Waals surface area contributed by atoms with Gasteiger partial charge in [0.05, 0.1) is 6.04 Å². The number of carbonyl (C=O) groups excluding carboxylic acids is 2. The largest absolute Gasteiger partial charge is 0.341 e. The summed E-state index contributed by atoms with van der Waals surface area (Å²) >= 11 is 0. The SMILES string of the molecule is CNC(=O)NC(=O)C(C)NC(C1CC1)C1CC1. The highest BCUT2D eigenvalue weighted by Crippen LogP contribution is 2.44. The predicted octanol–water partition coefficient (Wildman–Crippen LogP) is 0.609. The van der Waals surface area contributed by atoms with Crippen LogP contribution in [0.4, 0.5) is 4.79 Å². The van der Waals surface area contributed by atoms with Crippen LogP contribution in [0.3, 0.4) is 0 Å². The van der Waals surface area contributed by atoms with Crippen LogP contribution >= 0.6 is 0 Å². The summed E-state index contributed by atoms with van der Waals surface area (Å²) in [6.45, 7) is 1.82. The van der Waals surface area contributed by atoms with Gasteiger partial charge in [-0.05, 0) is 44.4 Å². The minimum absolute atomic E-state index is 0.254. The number of nitrogens with one attached hydrogen (secondary N) is 3. The van der Waals surface area contributed by atoms with Crippen LogP contribution < -0.4 is 16.0 Å². The molecule has 2 fully saturated rings. The van der Waals surface area contributed by atoms with Gasteiger partial charge in [0.1, 0.15) is 0 Å². The Labute approximate surface area is 102 Å². The maximum absolute atomic E-state index is 11.7. The third-order valence-corrected chi connectivity index (χ3v) is 3.56. The van der Waals surface area contributed by atoms with Crippen molar-refractivity contribution in [3.05, 3.63) is 0 Å². The average molecular weight is 239 g/mol. The molecule has 2 aliphatic rings. The summed E-state index contributed by atoms with van der Waals surface area (Å²) in [6, 6.07) is -0.281. The van der Waals surface area contributed by atoms with Crippen molar-refractivity contribution in [3.8, 4) is 0 Å². The summed E-state index contributed by atoms with van der Waals surface area (Å²) in [6.07, 6.45) is 5.10. The number of urea groups is 1. The topological polar surface area (TPSA) is 70.2 Å². The van der Waals surface area contributed by atoms with Crippen molar-refractivity contribution in [2.24, 2.45) is 11.8 Å². The number of carbonyl (C=O) groups is 2. The van der Waals surface area contributed by atoms with E-state index in [-0.39, 0.29) is 11.9 Å². The third kappa shape index (κ3) is 3.43. The average Bonchev–Trinajstić information content (AvgIpc) is 3.17. The quantitative estimate of drug-likeness (QED) is 0.658. The van der Waals surface area contributed by atoms with E-state index in [9.17, 15) is 9.59 Å². The first-order valence-electron chi connectivity index (χ1n) is 6.40. The van der Waals surface area contributed by atoms with Gasteiger partial charge < -0.3 is 10.6 Å². The van der Waals surface area contributed by atoms with Crippen LogP contribution in [0.2, 0.25) is 0 Å². The first-order chi connectivity index (χ1) is 8.11. The van der Waals surface area contributed by atoms with Crippen molar-refractivity contribution in [3.63, 3.8) is 0 Å². The smallest absolute Gasteiger partial charge is 0.321 e. The Hall–Kier alpha value is -1.10. The van der Waals surface area contributed by atoms with Crippen LogP contribution in [0.25, 0.3) is 0 Å². The Morgan fingerprint density at radius 3 is 2.06 bits per heavy atom. The lowest BCUT2D eigenvalue weighted by atomic mass is 10.1. The Bertz CT molecular complexity index is 299. The van der Waals surface area contributed by atoms with Crippen LogP contribution in [0.15, 0.2) is 0 Å². The fourth-order valence-electron chi connectivity index (χ4n) is 2.21. The van der Waals surface area contributed by atoms with E-state index in [4.69, 9.17) is 0 Å². The zero-order chi connectivity index (χ0) is 12.4. The van der Waals surface area contributed by atoms with E-state index < -0.39 is 6.03 Å². The maximum Gasteiger partial charge on any atom is 0.321 e. The lowest BCUT2D eigenvalue weighted by Crippen LogP contribution is -2.51. The molecule has 0 bridgehead atoms. The van der Waals surface area contributed by atoms with Crippen molar-refractivity contribution in [1.82, 2.24) is 16.0 Å². The minimum atomic E-state index is -0.446. The Balaban J connectivity index is 1.79.